The second kappa shape index (κ2) is 7.51. The van der Waals surface area contributed by atoms with Crippen LogP contribution in [0.3, 0.4) is 0 Å². The van der Waals surface area contributed by atoms with Crippen molar-refractivity contribution in [3.8, 4) is 17.6 Å². The summed E-state index contributed by atoms with van der Waals surface area (Å²) in [5.41, 5.74) is 1.18. The van der Waals surface area contributed by atoms with E-state index in [0.29, 0.717) is 22.6 Å². The van der Waals surface area contributed by atoms with E-state index in [-0.39, 0.29) is 11.6 Å². The van der Waals surface area contributed by atoms with Gasteiger partial charge in [0.15, 0.2) is 6.29 Å². The summed E-state index contributed by atoms with van der Waals surface area (Å²) in [4.78, 5) is 11.0. The predicted molar refractivity (Wildman–Crippen MR) is 88.4 cm³/mol. The predicted octanol–water partition coefficient (Wildman–Crippen LogP) is 5.00. The van der Waals surface area contributed by atoms with E-state index < -0.39 is 0 Å². The van der Waals surface area contributed by atoms with Crippen LogP contribution in [0.4, 0.5) is 0 Å². The number of carbonyl (C=O) groups excluding carboxylic acids is 1. The third-order valence-electron chi connectivity index (χ3n) is 2.53. The molecule has 0 amide bonds. The molecule has 106 valence electrons. The zero-order valence-corrected chi connectivity index (χ0v) is 13.8. The zero-order valence-electron chi connectivity index (χ0n) is 10.7. The molecular formula is C16H9BrCl2O2. The van der Waals surface area contributed by atoms with E-state index in [1.165, 1.54) is 12.1 Å². The van der Waals surface area contributed by atoms with Crippen LogP contribution in [0.5, 0.6) is 5.75 Å². The second-order valence-electron chi connectivity index (χ2n) is 4.02. The van der Waals surface area contributed by atoms with Crippen molar-refractivity contribution in [3.63, 3.8) is 0 Å². The number of aldehydes is 1. The van der Waals surface area contributed by atoms with Crippen LogP contribution in [0.25, 0.3) is 0 Å². The van der Waals surface area contributed by atoms with Crippen LogP contribution in [-0.4, -0.2) is 12.9 Å². The molecule has 0 spiro atoms. The molecule has 0 bridgehead atoms. The highest BCUT2D eigenvalue weighted by molar-refractivity contribution is 9.10. The van der Waals surface area contributed by atoms with Gasteiger partial charge in [-0.05, 0) is 36.4 Å². The van der Waals surface area contributed by atoms with Crippen molar-refractivity contribution in [2.45, 2.75) is 0 Å². The van der Waals surface area contributed by atoms with Crippen LogP contribution in [0.1, 0.15) is 15.9 Å². The van der Waals surface area contributed by atoms with Crippen LogP contribution in [0.15, 0.2) is 40.9 Å². The van der Waals surface area contributed by atoms with Gasteiger partial charge in [-0.15, -0.1) is 0 Å². The summed E-state index contributed by atoms with van der Waals surface area (Å²) < 4.78 is 6.45. The molecule has 0 aliphatic rings. The Morgan fingerprint density at radius 2 is 1.90 bits per heavy atom. The molecule has 2 aromatic carbocycles. The maximum Gasteiger partial charge on any atom is 0.153 e. The molecular weight excluding hydrogens is 375 g/mol. The summed E-state index contributed by atoms with van der Waals surface area (Å²) in [5, 5.41) is 0.672. The Hall–Kier alpha value is -1.47. The maximum atomic E-state index is 11.0. The van der Waals surface area contributed by atoms with Crippen molar-refractivity contribution in [2.24, 2.45) is 0 Å². The number of benzene rings is 2. The van der Waals surface area contributed by atoms with Gasteiger partial charge < -0.3 is 4.74 Å². The van der Waals surface area contributed by atoms with Crippen molar-refractivity contribution >= 4 is 45.4 Å². The molecule has 0 aromatic heterocycles. The van der Waals surface area contributed by atoms with Gasteiger partial charge in [0, 0.05) is 15.1 Å². The van der Waals surface area contributed by atoms with Crippen LogP contribution in [0, 0.1) is 11.8 Å². The van der Waals surface area contributed by atoms with Gasteiger partial charge in [-0.2, -0.15) is 0 Å². The third-order valence-corrected chi connectivity index (χ3v) is 3.56. The minimum Gasteiger partial charge on any atom is -0.479 e. The molecule has 0 unspecified atom stereocenters. The van der Waals surface area contributed by atoms with E-state index in [1.807, 2.05) is 24.3 Å². The lowest BCUT2D eigenvalue weighted by molar-refractivity contribution is 0.112. The lowest BCUT2D eigenvalue weighted by Crippen LogP contribution is -1.98. The van der Waals surface area contributed by atoms with E-state index in [1.54, 1.807) is 0 Å². The van der Waals surface area contributed by atoms with Crippen LogP contribution < -0.4 is 4.74 Å². The van der Waals surface area contributed by atoms with Gasteiger partial charge in [0.1, 0.15) is 12.4 Å². The maximum absolute atomic E-state index is 11.0. The lowest BCUT2D eigenvalue weighted by atomic mass is 10.2. The standard InChI is InChI=1S/C16H9BrCl2O2/c17-13-5-3-11(4-6-13)2-1-7-21-16-12(10-20)8-14(18)9-15(16)19/h3-6,8-10H,7H2. The fourth-order valence-corrected chi connectivity index (χ4v) is 2.43. The molecule has 2 rings (SSSR count). The van der Waals surface area contributed by atoms with Gasteiger partial charge in [0.05, 0.1) is 10.6 Å². The molecule has 5 heteroatoms. The van der Waals surface area contributed by atoms with E-state index >= 15 is 0 Å². The average Bonchev–Trinajstić information content (AvgIpc) is 2.46. The summed E-state index contributed by atoms with van der Waals surface area (Å²) in [7, 11) is 0. The number of rotatable bonds is 3. The van der Waals surface area contributed by atoms with E-state index in [9.17, 15) is 4.79 Å². The Morgan fingerprint density at radius 1 is 1.19 bits per heavy atom. The summed E-state index contributed by atoms with van der Waals surface area (Å²) in [6.07, 6.45) is 0.648. The van der Waals surface area contributed by atoms with Crippen molar-refractivity contribution < 1.29 is 9.53 Å². The molecule has 2 nitrogen and oxygen atoms in total. The summed E-state index contributed by atoms with van der Waals surface area (Å²) in [6, 6.07) is 10.6. The molecule has 0 radical (unpaired) electrons. The molecule has 21 heavy (non-hydrogen) atoms. The molecule has 0 aliphatic carbocycles. The van der Waals surface area contributed by atoms with Gasteiger partial charge in [0.25, 0.3) is 0 Å². The van der Waals surface area contributed by atoms with Crippen molar-refractivity contribution in [3.05, 3.63) is 62.0 Å². The molecule has 0 fully saturated rings. The zero-order chi connectivity index (χ0) is 15.2. The summed E-state index contributed by atoms with van der Waals surface area (Å²) in [6.45, 7) is 0.123. The van der Waals surface area contributed by atoms with Crippen LogP contribution >= 0.6 is 39.1 Å². The Kier molecular flexibility index (Phi) is 5.69. The molecule has 0 aliphatic heterocycles. The van der Waals surface area contributed by atoms with Gasteiger partial charge >= 0.3 is 0 Å². The monoisotopic (exact) mass is 382 g/mol. The number of halogens is 3. The third kappa shape index (κ3) is 4.50. The highest BCUT2D eigenvalue weighted by atomic mass is 79.9. The topological polar surface area (TPSA) is 26.3 Å². The minimum atomic E-state index is 0.123. The Labute approximate surface area is 141 Å². The molecule has 0 atom stereocenters. The highest BCUT2D eigenvalue weighted by Gasteiger charge is 2.09. The Bertz CT molecular complexity index is 716. The van der Waals surface area contributed by atoms with Gasteiger partial charge in [-0.1, -0.05) is 51.0 Å². The summed E-state index contributed by atoms with van der Waals surface area (Å²) in [5.74, 6) is 6.12. The summed E-state index contributed by atoms with van der Waals surface area (Å²) >= 11 is 15.2. The van der Waals surface area contributed by atoms with Crippen molar-refractivity contribution in [2.75, 3.05) is 6.61 Å². The van der Waals surface area contributed by atoms with Gasteiger partial charge in [-0.25, -0.2) is 0 Å². The average molecular weight is 384 g/mol. The van der Waals surface area contributed by atoms with Crippen LogP contribution in [-0.2, 0) is 0 Å². The molecule has 2 aromatic rings. The van der Waals surface area contributed by atoms with Crippen molar-refractivity contribution in [1.82, 2.24) is 0 Å². The second-order valence-corrected chi connectivity index (χ2v) is 5.78. The van der Waals surface area contributed by atoms with Gasteiger partial charge in [0.2, 0.25) is 0 Å². The minimum absolute atomic E-state index is 0.123. The molecule has 0 heterocycles. The Morgan fingerprint density at radius 3 is 2.57 bits per heavy atom. The fraction of sp³-hybridized carbons (Fsp3) is 0.0625. The van der Waals surface area contributed by atoms with E-state index in [2.05, 4.69) is 27.8 Å². The molecule has 0 saturated carbocycles. The first-order valence-corrected chi connectivity index (χ1v) is 7.46. The van der Waals surface area contributed by atoms with E-state index in [0.717, 1.165) is 10.0 Å². The molecule has 0 saturated heterocycles. The van der Waals surface area contributed by atoms with Crippen LogP contribution in [0.2, 0.25) is 10.0 Å². The van der Waals surface area contributed by atoms with Gasteiger partial charge in [-0.3, -0.25) is 4.79 Å². The van der Waals surface area contributed by atoms with Crippen molar-refractivity contribution in [1.29, 1.82) is 0 Å². The highest BCUT2D eigenvalue weighted by Crippen LogP contribution is 2.31. The largest absolute Gasteiger partial charge is 0.479 e. The lowest BCUT2D eigenvalue weighted by Gasteiger charge is -2.07. The number of carbonyl (C=O) groups is 1. The first kappa shape index (κ1) is 15.9. The Balaban J connectivity index is 2.08. The number of ether oxygens (including phenoxy) is 1. The quantitative estimate of drug-likeness (QED) is 0.550. The van der Waals surface area contributed by atoms with E-state index in [4.69, 9.17) is 27.9 Å². The first-order valence-electron chi connectivity index (χ1n) is 5.91. The fourth-order valence-electron chi connectivity index (χ4n) is 1.60. The number of hydrogen-bond acceptors (Lipinski definition) is 2. The smallest absolute Gasteiger partial charge is 0.153 e. The SMILES string of the molecule is O=Cc1cc(Cl)cc(Cl)c1OCC#Cc1ccc(Br)cc1. The molecule has 0 N–H and O–H groups in total. The first-order chi connectivity index (χ1) is 10.1. The normalized spacial score (nSPS) is 9.67. The number of hydrogen-bond donors (Lipinski definition) is 0.